The van der Waals surface area contributed by atoms with Crippen molar-refractivity contribution in [3.63, 3.8) is 0 Å². The minimum atomic E-state index is -0.451. The summed E-state index contributed by atoms with van der Waals surface area (Å²) in [5, 5.41) is 13.2. The van der Waals surface area contributed by atoms with E-state index in [-0.39, 0.29) is 18.1 Å². The summed E-state index contributed by atoms with van der Waals surface area (Å²) < 4.78 is 25.6. The molecule has 1 amide bonds. The molecule has 4 aromatic rings. The van der Waals surface area contributed by atoms with E-state index in [4.69, 9.17) is 9.26 Å². The Morgan fingerprint density at radius 3 is 2.77 bits per heavy atom. The number of anilines is 1. The van der Waals surface area contributed by atoms with Crippen molar-refractivity contribution in [1.29, 1.82) is 0 Å². The van der Waals surface area contributed by atoms with Crippen molar-refractivity contribution < 1.29 is 18.4 Å². The highest BCUT2D eigenvalue weighted by Crippen LogP contribution is 2.27. The van der Waals surface area contributed by atoms with Crippen LogP contribution in [0.25, 0.3) is 11.3 Å². The van der Waals surface area contributed by atoms with Crippen LogP contribution in [0.2, 0.25) is 0 Å². The lowest BCUT2D eigenvalue weighted by molar-refractivity contribution is 0.101. The highest BCUT2D eigenvalue weighted by Gasteiger charge is 2.22. The molecule has 3 heterocycles. The van der Waals surface area contributed by atoms with Crippen LogP contribution in [0.5, 0.6) is 5.75 Å². The third kappa shape index (κ3) is 4.08. The van der Waals surface area contributed by atoms with E-state index in [0.29, 0.717) is 22.2 Å². The Morgan fingerprint density at radius 2 is 2.07 bits per heavy atom. The fourth-order valence-electron chi connectivity index (χ4n) is 2.89. The molecular weight excluding hydrogens is 409 g/mol. The second-order valence-corrected chi connectivity index (χ2v) is 7.46. The Bertz CT molecular complexity index is 1200. The van der Waals surface area contributed by atoms with Crippen molar-refractivity contribution in [2.45, 2.75) is 20.5 Å². The number of halogens is 1. The number of thiazole rings is 1. The first-order valence-electron chi connectivity index (χ1n) is 9.01. The second-order valence-electron chi connectivity index (χ2n) is 6.60. The molecule has 0 bridgehead atoms. The first kappa shape index (κ1) is 19.8. The van der Waals surface area contributed by atoms with Crippen LogP contribution in [0.15, 0.2) is 40.4 Å². The first-order chi connectivity index (χ1) is 14.4. The number of aromatic nitrogens is 4. The van der Waals surface area contributed by atoms with Gasteiger partial charge < -0.3 is 9.26 Å². The Labute approximate surface area is 175 Å². The molecule has 0 spiro atoms. The van der Waals surface area contributed by atoms with E-state index in [1.54, 1.807) is 11.6 Å². The number of hydrogen-bond donors (Lipinski definition) is 1. The van der Waals surface area contributed by atoms with Crippen molar-refractivity contribution in [3.8, 4) is 17.0 Å². The largest absolute Gasteiger partial charge is 0.489 e. The minimum Gasteiger partial charge on any atom is -0.489 e. The average molecular weight is 427 g/mol. The SMILES string of the molecule is Cc1nn(C)cc1-c1csc(NC(=O)c2noc(C)c2COc2ccc(F)cc2)n1. The van der Waals surface area contributed by atoms with Crippen LogP contribution in [0.1, 0.15) is 27.5 Å². The third-order valence-corrected chi connectivity index (χ3v) is 5.17. The molecule has 30 heavy (non-hydrogen) atoms. The summed E-state index contributed by atoms with van der Waals surface area (Å²) in [4.78, 5) is 17.2. The predicted molar refractivity (Wildman–Crippen MR) is 109 cm³/mol. The average Bonchev–Trinajstić information content (AvgIpc) is 3.40. The van der Waals surface area contributed by atoms with Gasteiger partial charge in [0, 0.05) is 24.2 Å². The summed E-state index contributed by atoms with van der Waals surface area (Å²) in [5.41, 5.74) is 3.12. The fourth-order valence-corrected chi connectivity index (χ4v) is 3.59. The number of amides is 1. The number of nitrogens with one attached hydrogen (secondary N) is 1. The molecule has 0 atom stereocenters. The Morgan fingerprint density at radius 1 is 1.30 bits per heavy atom. The van der Waals surface area contributed by atoms with Gasteiger partial charge in [0.1, 0.15) is 23.9 Å². The molecule has 10 heteroatoms. The topological polar surface area (TPSA) is 95.1 Å². The van der Waals surface area contributed by atoms with Crippen molar-refractivity contribution in [1.82, 2.24) is 19.9 Å². The van der Waals surface area contributed by atoms with Gasteiger partial charge in [-0.25, -0.2) is 9.37 Å². The van der Waals surface area contributed by atoms with E-state index in [2.05, 4.69) is 20.6 Å². The second kappa shape index (κ2) is 8.07. The van der Waals surface area contributed by atoms with Gasteiger partial charge in [0.2, 0.25) is 0 Å². The standard InChI is InChI=1S/C20H18FN5O3S/c1-11-15(8-26(3)24-11)17-10-30-20(22-17)23-19(27)18-16(12(2)29-25-18)9-28-14-6-4-13(21)5-7-14/h4-8,10H,9H2,1-3H3,(H,22,23,27). The zero-order valence-corrected chi connectivity index (χ0v) is 17.3. The first-order valence-corrected chi connectivity index (χ1v) is 9.89. The normalized spacial score (nSPS) is 10.9. The fraction of sp³-hybridized carbons (Fsp3) is 0.200. The molecule has 0 aliphatic carbocycles. The summed E-state index contributed by atoms with van der Waals surface area (Å²) in [6.45, 7) is 3.65. The van der Waals surface area contributed by atoms with Crippen LogP contribution in [-0.4, -0.2) is 25.8 Å². The van der Waals surface area contributed by atoms with Gasteiger partial charge in [-0.05, 0) is 38.1 Å². The van der Waals surface area contributed by atoms with E-state index >= 15 is 0 Å². The van der Waals surface area contributed by atoms with Gasteiger partial charge in [-0.3, -0.25) is 14.8 Å². The summed E-state index contributed by atoms with van der Waals surface area (Å²) in [7, 11) is 1.84. The Hall–Kier alpha value is -3.53. The maximum atomic E-state index is 13.0. The van der Waals surface area contributed by atoms with Gasteiger partial charge >= 0.3 is 0 Å². The molecular formula is C20H18FN5O3S. The quantitative estimate of drug-likeness (QED) is 0.497. The lowest BCUT2D eigenvalue weighted by Gasteiger charge is -2.06. The summed E-state index contributed by atoms with van der Waals surface area (Å²) in [5.74, 6) is 0.133. The minimum absolute atomic E-state index is 0.0573. The molecule has 154 valence electrons. The van der Waals surface area contributed by atoms with Gasteiger partial charge in [0.15, 0.2) is 10.8 Å². The Kier molecular flexibility index (Phi) is 5.32. The summed E-state index contributed by atoms with van der Waals surface area (Å²) in [6, 6.07) is 5.62. The zero-order valence-electron chi connectivity index (χ0n) is 16.5. The number of nitrogens with zero attached hydrogens (tertiary/aromatic N) is 4. The zero-order chi connectivity index (χ0) is 21.3. The Balaban J connectivity index is 1.48. The number of ether oxygens (including phenoxy) is 1. The lowest BCUT2D eigenvalue weighted by atomic mass is 10.2. The molecule has 0 saturated carbocycles. The number of hydrogen-bond acceptors (Lipinski definition) is 7. The molecule has 0 saturated heterocycles. The van der Waals surface area contributed by atoms with Gasteiger partial charge in [-0.1, -0.05) is 5.16 Å². The summed E-state index contributed by atoms with van der Waals surface area (Å²) in [6.07, 6.45) is 1.88. The van der Waals surface area contributed by atoms with E-state index in [9.17, 15) is 9.18 Å². The molecule has 0 fully saturated rings. The van der Waals surface area contributed by atoms with Gasteiger partial charge in [-0.15, -0.1) is 11.3 Å². The van der Waals surface area contributed by atoms with Crippen LogP contribution >= 0.6 is 11.3 Å². The van der Waals surface area contributed by atoms with Crippen LogP contribution in [0.4, 0.5) is 9.52 Å². The van der Waals surface area contributed by atoms with Crippen LogP contribution in [0, 0.1) is 19.7 Å². The molecule has 3 aromatic heterocycles. The van der Waals surface area contributed by atoms with Crippen molar-refractivity contribution in [3.05, 3.63) is 64.4 Å². The van der Waals surface area contributed by atoms with Crippen molar-refractivity contribution >= 4 is 22.4 Å². The maximum Gasteiger partial charge on any atom is 0.280 e. The smallest absolute Gasteiger partial charge is 0.280 e. The van der Waals surface area contributed by atoms with Crippen molar-refractivity contribution in [2.24, 2.45) is 7.05 Å². The van der Waals surface area contributed by atoms with E-state index in [1.165, 1.54) is 35.6 Å². The third-order valence-electron chi connectivity index (χ3n) is 4.41. The molecule has 0 radical (unpaired) electrons. The number of carbonyl (C=O) groups is 1. The monoisotopic (exact) mass is 427 g/mol. The molecule has 0 unspecified atom stereocenters. The highest BCUT2D eigenvalue weighted by molar-refractivity contribution is 7.14. The molecule has 1 aromatic carbocycles. The molecule has 1 N–H and O–H groups in total. The summed E-state index contributed by atoms with van der Waals surface area (Å²) >= 11 is 1.30. The predicted octanol–water partition coefficient (Wildman–Crippen LogP) is 4.12. The molecule has 4 rings (SSSR count). The molecule has 8 nitrogen and oxygen atoms in total. The van der Waals surface area contributed by atoms with Gasteiger partial charge in [0.05, 0.1) is 17.0 Å². The lowest BCUT2D eigenvalue weighted by Crippen LogP contribution is -2.15. The molecule has 0 aliphatic heterocycles. The van der Waals surface area contributed by atoms with Crippen LogP contribution < -0.4 is 10.1 Å². The van der Waals surface area contributed by atoms with E-state index in [1.807, 2.05) is 25.5 Å². The van der Waals surface area contributed by atoms with Gasteiger partial charge in [-0.2, -0.15) is 5.10 Å². The van der Waals surface area contributed by atoms with E-state index in [0.717, 1.165) is 17.0 Å². The number of rotatable bonds is 6. The highest BCUT2D eigenvalue weighted by atomic mass is 32.1. The number of carbonyl (C=O) groups excluding carboxylic acids is 1. The van der Waals surface area contributed by atoms with Crippen LogP contribution in [0.3, 0.4) is 0 Å². The molecule has 0 aliphatic rings. The maximum absolute atomic E-state index is 13.0. The van der Waals surface area contributed by atoms with Crippen LogP contribution in [-0.2, 0) is 13.7 Å². The van der Waals surface area contributed by atoms with Gasteiger partial charge in [0.25, 0.3) is 5.91 Å². The van der Waals surface area contributed by atoms with E-state index < -0.39 is 5.91 Å². The number of benzene rings is 1. The number of aryl methyl sites for hydroxylation is 3. The van der Waals surface area contributed by atoms with Crippen molar-refractivity contribution in [2.75, 3.05) is 5.32 Å².